The van der Waals surface area contributed by atoms with Crippen molar-refractivity contribution in [2.45, 2.75) is 19.3 Å². The van der Waals surface area contributed by atoms with Gasteiger partial charge in [-0.25, -0.2) is 17.6 Å². The van der Waals surface area contributed by atoms with Crippen molar-refractivity contribution in [2.75, 3.05) is 13.1 Å². The maximum absolute atomic E-state index is 13.4. The molecule has 2 rings (SSSR count). The molecule has 1 aromatic rings. The van der Waals surface area contributed by atoms with E-state index in [9.17, 15) is 17.6 Å². The lowest BCUT2D eigenvalue weighted by molar-refractivity contribution is 0.358. The third-order valence-electron chi connectivity index (χ3n) is 3.15. The fourth-order valence-electron chi connectivity index (χ4n) is 2.17. The van der Waals surface area contributed by atoms with Gasteiger partial charge in [0.2, 0.25) is 0 Å². The zero-order valence-electron chi connectivity index (χ0n) is 9.20. The minimum Gasteiger partial charge on any atom is -0.317 e. The standard InChI is InChI=1S/C12H13F4N/c13-9-6-8(10(14)12(16)11(9)15)5-7-1-3-17-4-2-7/h6-7,17H,1-5H2. The van der Waals surface area contributed by atoms with Gasteiger partial charge in [-0.2, -0.15) is 0 Å². The van der Waals surface area contributed by atoms with Crippen LogP contribution < -0.4 is 5.32 Å². The molecule has 1 heterocycles. The third-order valence-corrected chi connectivity index (χ3v) is 3.15. The SMILES string of the molecule is Fc1cc(CC2CCNCC2)c(F)c(F)c1F. The second-order valence-corrected chi connectivity index (χ2v) is 4.36. The van der Waals surface area contributed by atoms with Crippen LogP contribution in [0.15, 0.2) is 6.07 Å². The second kappa shape index (κ2) is 5.04. The van der Waals surface area contributed by atoms with Gasteiger partial charge >= 0.3 is 0 Å². The molecule has 5 heteroatoms. The Balaban J connectivity index is 2.20. The highest BCUT2D eigenvalue weighted by atomic mass is 19.2. The molecule has 0 unspecified atom stereocenters. The second-order valence-electron chi connectivity index (χ2n) is 4.36. The Morgan fingerprint density at radius 3 is 2.29 bits per heavy atom. The smallest absolute Gasteiger partial charge is 0.197 e. The van der Waals surface area contributed by atoms with Crippen LogP contribution in [0.3, 0.4) is 0 Å². The van der Waals surface area contributed by atoms with Crippen LogP contribution in [0.1, 0.15) is 18.4 Å². The Labute approximate surface area is 96.8 Å². The van der Waals surface area contributed by atoms with Gasteiger partial charge in [0, 0.05) is 0 Å². The predicted molar refractivity (Wildman–Crippen MR) is 55.6 cm³/mol. The molecule has 0 aliphatic carbocycles. The van der Waals surface area contributed by atoms with Crippen molar-refractivity contribution in [1.29, 1.82) is 0 Å². The molecule has 1 aliphatic rings. The van der Waals surface area contributed by atoms with Crippen LogP contribution in [0.25, 0.3) is 0 Å². The monoisotopic (exact) mass is 247 g/mol. The number of halogens is 4. The highest BCUT2D eigenvalue weighted by Gasteiger charge is 2.21. The number of nitrogens with one attached hydrogen (secondary N) is 1. The zero-order valence-corrected chi connectivity index (χ0v) is 9.20. The summed E-state index contributed by atoms with van der Waals surface area (Å²) in [4.78, 5) is 0. The Kier molecular flexibility index (Phi) is 3.66. The normalized spacial score (nSPS) is 17.4. The summed E-state index contributed by atoms with van der Waals surface area (Å²) in [5, 5.41) is 3.15. The van der Waals surface area contributed by atoms with Gasteiger partial charge in [0.05, 0.1) is 0 Å². The fourth-order valence-corrected chi connectivity index (χ4v) is 2.17. The third kappa shape index (κ3) is 2.60. The molecule has 1 nitrogen and oxygen atoms in total. The van der Waals surface area contributed by atoms with Crippen molar-refractivity contribution in [3.05, 3.63) is 34.9 Å². The molecule has 0 bridgehead atoms. The van der Waals surface area contributed by atoms with Gasteiger partial charge in [-0.1, -0.05) is 0 Å². The first-order valence-electron chi connectivity index (χ1n) is 5.62. The Bertz CT molecular complexity index is 413. The Hall–Kier alpha value is -1.10. The van der Waals surface area contributed by atoms with Gasteiger partial charge in [-0.05, 0) is 49.9 Å². The van der Waals surface area contributed by atoms with E-state index in [1.807, 2.05) is 0 Å². The topological polar surface area (TPSA) is 12.0 Å². The summed E-state index contributed by atoms with van der Waals surface area (Å²) in [5.74, 6) is -5.85. The van der Waals surface area contributed by atoms with E-state index in [0.717, 1.165) is 32.0 Å². The summed E-state index contributed by atoms with van der Waals surface area (Å²) in [6.07, 6.45) is 1.92. The van der Waals surface area contributed by atoms with Crippen LogP contribution in [0.5, 0.6) is 0 Å². The molecule has 1 saturated heterocycles. The summed E-state index contributed by atoms with van der Waals surface area (Å²) in [6.45, 7) is 1.64. The average Bonchev–Trinajstić information content (AvgIpc) is 2.35. The van der Waals surface area contributed by atoms with E-state index in [4.69, 9.17) is 0 Å². The van der Waals surface area contributed by atoms with Crippen LogP contribution in [0.4, 0.5) is 17.6 Å². The predicted octanol–water partition coefficient (Wildman–Crippen LogP) is 2.79. The van der Waals surface area contributed by atoms with Crippen molar-refractivity contribution < 1.29 is 17.6 Å². The lowest BCUT2D eigenvalue weighted by atomic mass is 9.90. The molecule has 0 saturated carbocycles. The van der Waals surface area contributed by atoms with E-state index >= 15 is 0 Å². The summed E-state index contributed by atoms with van der Waals surface area (Å²) < 4.78 is 52.1. The van der Waals surface area contributed by atoms with Crippen molar-refractivity contribution >= 4 is 0 Å². The molecule has 1 N–H and O–H groups in total. The first-order valence-corrected chi connectivity index (χ1v) is 5.62. The number of hydrogen-bond acceptors (Lipinski definition) is 1. The van der Waals surface area contributed by atoms with E-state index in [0.29, 0.717) is 0 Å². The molecule has 1 fully saturated rings. The van der Waals surface area contributed by atoms with Gasteiger partial charge in [-0.15, -0.1) is 0 Å². The van der Waals surface area contributed by atoms with Crippen molar-refractivity contribution in [3.8, 4) is 0 Å². The van der Waals surface area contributed by atoms with Crippen LogP contribution in [0.2, 0.25) is 0 Å². The molecule has 1 aliphatic heterocycles. The maximum atomic E-state index is 13.4. The van der Waals surface area contributed by atoms with Gasteiger partial charge < -0.3 is 5.32 Å². The maximum Gasteiger partial charge on any atom is 0.197 e. The quantitative estimate of drug-likeness (QED) is 0.481. The molecule has 17 heavy (non-hydrogen) atoms. The van der Waals surface area contributed by atoms with Gasteiger partial charge in [0.1, 0.15) is 0 Å². The summed E-state index contributed by atoms with van der Waals surface area (Å²) >= 11 is 0. The van der Waals surface area contributed by atoms with Crippen LogP contribution in [0, 0.1) is 29.2 Å². The van der Waals surface area contributed by atoms with Crippen molar-refractivity contribution in [3.63, 3.8) is 0 Å². The molecule has 0 amide bonds. The molecule has 0 radical (unpaired) electrons. The minimum atomic E-state index is -1.74. The molecular formula is C12H13F4N. The number of rotatable bonds is 2. The Morgan fingerprint density at radius 2 is 1.65 bits per heavy atom. The number of piperidine rings is 1. The van der Waals surface area contributed by atoms with Crippen LogP contribution >= 0.6 is 0 Å². The Morgan fingerprint density at radius 1 is 1.00 bits per heavy atom. The van der Waals surface area contributed by atoms with Gasteiger partial charge in [0.25, 0.3) is 0 Å². The van der Waals surface area contributed by atoms with Crippen LogP contribution in [-0.2, 0) is 6.42 Å². The van der Waals surface area contributed by atoms with Crippen molar-refractivity contribution in [2.24, 2.45) is 5.92 Å². The van der Waals surface area contributed by atoms with Gasteiger partial charge in [0.15, 0.2) is 23.3 Å². The zero-order chi connectivity index (χ0) is 12.4. The molecule has 94 valence electrons. The molecule has 1 aromatic carbocycles. The molecule has 0 aromatic heterocycles. The summed E-state index contributed by atoms with van der Waals surface area (Å²) in [5.41, 5.74) is -0.0756. The van der Waals surface area contributed by atoms with E-state index in [1.54, 1.807) is 0 Å². The van der Waals surface area contributed by atoms with E-state index in [2.05, 4.69) is 5.32 Å². The first kappa shape index (κ1) is 12.4. The fraction of sp³-hybridized carbons (Fsp3) is 0.500. The molecule has 0 spiro atoms. The van der Waals surface area contributed by atoms with Crippen LogP contribution in [-0.4, -0.2) is 13.1 Å². The molecular weight excluding hydrogens is 234 g/mol. The molecule has 0 atom stereocenters. The first-order chi connectivity index (χ1) is 8.09. The van der Waals surface area contributed by atoms with Crippen molar-refractivity contribution in [1.82, 2.24) is 5.32 Å². The lowest BCUT2D eigenvalue weighted by Crippen LogP contribution is -2.29. The van der Waals surface area contributed by atoms with Gasteiger partial charge in [-0.3, -0.25) is 0 Å². The summed E-state index contributed by atoms with van der Waals surface area (Å²) in [7, 11) is 0. The number of benzene rings is 1. The largest absolute Gasteiger partial charge is 0.317 e. The summed E-state index contributed by atoms with van der Waals surface area (Å²) in [6, 6.07) is 0.760. The highest BCUT2D eigenvalue weighted by molar-refractivity contribution is 5.22. The number of hydrogen-bond donors (Lipinski definition) is 1. The average molecular weight is 247 g/mol. The highest BCUT2D eigenvalue weighted by Crippen LogP contribution is 2.24. The van der Waals surface area contributed by atoms with E-state index in [1.165, 1.54) is 0 Å². The van der Waals surface area contributed by atoms with E-state index < -0.39 is 23.3 Å². The minimum absolute atomic E-state index is 0.0756. The lowest BCUT2D eigenvalue weighted by Gasteiger charge is -2.22. The van der Waals surface area contributed by atoms with E-state index in [-0.39, 0.29) is 17.9 Å².